The van der Waals surface area contributed by atoms with Crippen molar-refractivity contribution in [3.63, 3.8) is 0 Å². The molecular formula is C37H34FNO2. The van der Waals surface area contributed by atoms with E-state index in [1.165, 1.54) is 32.7 Å². The fourth-order valence-electron chi connectivity index (χ4n) is 6.33. The third kappa shape index (κ3) is 5.35. The Morgan fingerprint density at radius 1 is 0.780 bits per heavy atom. The fourth-order valence-corrected chi connectivity index (χ4v) is 6.33. The summed E-state index contributed by atoms with van der Waals surface area (Å²) in [6.07, 6.45) is 8.81. The summed E-state index contributed by atoms with van der Waals surface area (Å²) in [5, 5.41) is 7.13. The summed E-state index contributed by atoms with van der Waals surface area (Å²) in [7, 11) is 3.42. The lowest BCUT2D eigenvalue weighted by Crippen LogP contribution is -2.11. The minimum atomic E-state index is -0.0952. The van der Waals surface area contributed by atoms with Crippen molar-refractivity contribution in [2.75, 3.05) is 14.2 Å². The molecule has 4 heteroatoms. The van der Waals surface area contributed by atoms with E-state index in [-0.39, 0.29) is 5.82 Å². The highest BCUT2D eigenvalue weighted by Gasteiger charge is 2.24. The lowest BCUT2D eigenvalue weighted by Gasteiger charge is -2.27. The largest absolute Gasteiger partial charge is 0.496 e. The van der Waals surface area contributed by atoms with Gasteiger partial charge in [-0.1, -0.05) is 66.7 Å². The molecule has 1 atom stereocenters. The zero-order valence-electron chi connectivity index (χ0n) is 23.6. The number of halogens is 1. The maximum absolute atomic E-state index is 14.1. The van der Waals surface area contributed by atoms with Gasteiger partial charge in [-0.05, 0) is 106 Å². The molecule has 1 aliphatic rings. The highest BCUT2D eigenvalue weighted by atomic mass is 19.1. The standard InChI is InChI=1S/C28H27FO2.C9H7N/c1-30-26-12-6-10-23-22-16-15-20-18(13-14-19-7-3-4-11-25(19)29)8-5-9-21(20)24(22)17-27(31-2)28(23)26;1-2-4-9-7-10-6-5-8(9)3-1/h3-4,6-7,10-12,15-18H,5,8-9,13-14H2,1-2H3;1-7H/t18-;/m0./s1. The van der Waals surface area contributed by atoms with E-state index in [1.54, 1.807) is 26.4 Å². The van der Waals surface area contributed by atoms with Gasteiger partial charge in [0.25, 0.3) is 0 Å². The van der Waals surface area contributed by atoms with Gasteiger partial charge in [-0.2, -0.15) is 0 Å². The van der Waals surface area contributed by atoms with Crippen molar-refractivity contribution < 1.29 is 13.9 Å². The number of aromatic nitrogens is 1. The maximum atomic E-state index is 14.1. The van der Waals surface area contributed by atoms with Gasteiger partial charge in [0, 0.05) is 12.4 Å². The molecule has 0 radical (unpaired) electrons. The molecule has 5 aromatic carbocycles. The van der Waals surface area contributed by atoms with Gasteiger partial charge in [0.05, 0.1) is 19.6 Å². The predicted molar refractivity (Wildman–Crippen MR) is 167 cm³/mol. The average molecular weight is 544 g/mol. The number of aryl methyl sites for hydroxylation is 2. The first-order valence-corrected chi connectivity index (χ1v) is 14.3. The Labute approximate surface area is 240 Å². The number of pyridine rings is 1. The Hall–Kier alpha value is -4.44. The topological polar surface area (TPSA) is 31.4 Å². The molecule has 1 aromatic heterocycles. The first-order valence-electron chi connectivity index (χ1n) is 14.3. The molecule has 0 spiro atoms. The Morgan fingerprint density at radius 2 is 1.59 bits per heavy atom. The van der Waals surface area contributed by atoms with E-state index >= 15 is 0 Å². The monoisotopic (exact) mass is 543 g/mol. The van der Waals surface area contributed by atoms with E-state index in [1.807, 2.05) is 54.9 Å². The molecule has 1 heterocycles. The van der Waals surface area contributed by atoms with E-state index in [0.29, 0.717) is 5.92 Å². The molecule has 6 aromatic rings. The maximum Gasteiger partial charge on any atom is 0.131 e. The molecule has 41 heavy (non-hydrogen) atoms. The van der Waals surface area contributed by atoms with E-state index in [9.17, 15) is 4.39 Å². The molecule has 0 saturated carbocycles. The molecule has 0 amide bonds. The smallest absolute Gasteiger partial charge is 0.131 e. The van der Waals surface area contributed by atoms with Crippen LogP contribution in [0.25, 0.3) is 32.3 Å². The summed E-state index contributed by atoms with van der Waals surface area (Å²) in [4.78, 5) is 4.01. The van der Waals surface area contributed by atoms with Crippen molar-refractivity contribution in [1.82, 2.24) is 4.98 Å². The van der Waals surface area contributed by atoms with Crippen LogP contribution in [0, 0.1) is 5.82 Å². The number of ether oxygens (including phenoxy) is 2. The van der Waals surface area contributed by atoms with Gasteiger partial charge in [-0.15, -0.1) is 0 Å². The summed E-state index contributed by atoms with van der Waals surface area (Å²) in [5.41, 5.74) is 3.65. The molecule has 0 unspecified atom stereocenters. The van der Waals surface area contributed by atoms with Crippen LogP contribution in [0.4, 0.5) is 4.39 Å². The molecule has 0 N–H and O–H groups in total. The van der Waals surface area contributed by atoms with Gasteiger partial charge in [0.2, 0.25) is 0 Å². The zero-order valence-corrected chi connectivity index (χ0v) is 23.6. The normalized spacial score (nSPS) is 14.4. The van der Waals surface area contributed by atoms with E-state index < -0.39 is 0 Å². The molecule has 0 bridgehead atoms. The van der Waals surface area contributed by atoms with Crippen molar-refractivity contribution in [1.29, 1.82) is 0 Å². The summed E-state index contributed by atoms with van der Waals surface area (Å²) >= 11 is 0. The van der Waals surface area contributed by atoms with Crippen LogP contribution in [0.2, 0.25) is 0 Å². The predicted octanol–water partition coefficient (Wildman–Crippen LogP) is 9.44. The van der Waals surface area contributed by atoms with Crippen molar-refractivity contribution in [3.05, 3.63) is 126 Å². The van der Waals surface area contributed by atoms with Gasteiger partial charge < -0.3 is 9.47 Å². The summed E-state index contributed by atoms with van der Waals surface area (Å²) in [5.74, 6) is 2.04. The molecule has 1 aliphatic carbocycles. The molecular weight excluding hydrogens is 509 g/mol. The van der Waals surface area contributed by atoms with Crippen LogP contribution < -0.4 is 9.47 Å². The van der Waals surface area contributed by atoms with Crippen LogP contribution in [0.3, 0.4) is 0 Å². The molecule has 0 fully saturated rings. The van der Waals surface area contributed by atoms with Crippen molar-refractivity contribution in [2.24, 2.45) is 0 Å². The van der Waals surface area contributed by atoms with Crippen LogP contribution >= 0.6 is 0 Å². The highest BCUT2D eigenvalue weighted by Crippen LogP contribution is 2.44. The Kier molecular flexibility index (Phi) is 7.82. The number of methoxy groups -OCH3 is 2. The Morgan fingerprint density at radius 3 is 2.39 bits per heavy atom. The van der Waals surface area contributed by atoms with E-state index in [0.717, 1.165) is 59.9 Å². The van der Waals surface area contributed by atoms with Crippen LogP contribution in [0.5, 0.6) is 11.5 Å². The van der Waals surface area contributed by atoms with E-state index in [4.69, 9.17) is 9.47 Å². The van der Waals surface area contributed by atoms with Crippen LogP contribution in [-0.2, 0) is 12.8 Å². The second-order valence-corrected chi connectivity index (χ2v) is 10.6. The minimum Gasteiger partial charge on any atom is -0.496 e. The Balaban J connectivity index is 0.000000253. The van der Waals surface area contributed by atoms with Crippen molar-refractivity contribution in [3.8, 4) is 11.5 Å². The molecule has 7 rings (SSSR count). The first-order chi connectivity index (χ1) is 20.2. The second-order valence-electron chi connectivity index (χ2n) is 10.6. The van der Waals surface area contributed by atoms with Crippen molar-refractivity contribution in [2.45, 2.75) is 38.0 Å². The lowest BCUT2D eigenvalue weighted by molar-refractivity contribution is 0.405. The average Bonchev–Trinajstić information content (AvgIpc) is 3.03. The van der Waals surface area contributed by atoms with Crippen LogP contribution in [0.1, 0.15) is 41.9 Å². The highest BCUT2D eigenvalue weighted by molar-refractivity contribution is 6.13. The van der Waals surface area contributed by atoms with Gasteiger partial charge in [-0.3, -0.25) is 4.98 Å². The summed E-state index contributed by atoms with van der Waals surface area (Å²) in [6, 6.07) is 30.2. The Bertz CT molecular complexity index is 1760. The molecule has 0 aliphatic heterocycles. The third-order valence-electron chi connectivity index (χ3n) is 8.36. The van der Waals surface area contributed by atoms with Gasteiger partial charge in [0.1, 0.15) is 17.3 Å². The number of hydrogen-bond acceptors (Lipinski definition) is 3. The molecule has 0 saturated heterocycles. The van der Waals surface area contributed by atoms with Gasteiger partial charge >= 0.3 is 0 Å². The number of hydrogen-bond donors (Lipinski definition) is 0. The van der Waals surface area contributed by atoms with E-state index in [2.05, 4.69) is 41.4 Å². The fraction of sp³-hybridized carbons (Fsp3) is 0.216. The zero-order chi connectivity index (χ0) is 28.2. The SMILES string of the molecule is COc1cccc2c1c(OC)cc1c3c(ccc12)[C@H](CCc1ccccc1F)CCC3.c1ccc2cnccc2c1. The summed E-state index contributed by atoms with van der Waals surface area (Å²) < 4.78 is 25.5. The molecule has 206 valence electrons. The number of nitrogens with zero attached hydrogens (tertiary/aromatic N) is 1. The van der Waals surface area contributed by atoms with Gasteiger partial charge in [-0.25, -0.2) is 4.39 Å². The van der Waals surface area contributed by atoms with Crippen molar-refractivity contribution >= 4 is 32.3 Å². The van der Waals surface area contributed by atoms with Crippen LogP contribution in [0.15, 0.2) is 103 Å². The third-order valence-corrected chi connectivity index (χ3v) is 8.36. The lowest BCUT2D eigenvalue weighted by atomic mass is 9.77. The van der Waals surface area contributed by atoms with Crippen LogP contribution in [-0.4, -0.2) is 19.2 Å². The summed E-state index contributed by atoms with van der Waals surface area (Å²) in [6.45, 7) is 0. The second kappa shape index (κ2) is 12.0. The number of rotatable bonds is 5. The number of fused-ring (bicyclic) bond motifs is 6. The quantitative estimate of drug-likeness (QED) is 0.203. The van der Waals surface area contributed by atoms with Gasteiger partial charge in [0.15, 0.2) is 0 Å². The molecule has 3 nitrogen and oxygen atoms in total. The first kappa shape index (κ1) is 26.8. The number of benzene rings is 5. The minimum absolute atomic E-state index is 0.0952.